The average molecular weight is 458 g/mol. The Bertz CT molecular complexity index is 986. The minimum absolute atomic E-state index is 0.0258. The highest BCUT2D eigenvalue weighted by Gasteiger charge is 2.38. The van der Waals surface area contributed by atoms with E-state index >= 15 is 0 Å². The van der Waals surface area contributed by atoms with Gasteiger partial charge in [-0.25, -0.2) is 0 Å². The molecule has 2 atom stereocenters. The molecule has 33 heavy (non-hydrogen) atoms. The molecular formula is C26H30F3N3O. The van der Waals surface area contributed by atoms with E-state index in [4.69, 9.17) is 0 Å². The molecule has 1 aromatic heterocycles. The lowest BCUT2D eigenvalue weighted by Crippen LogP contribution is -2.42. The summed E-state index contributed by atoms with van der Waals surface area (Å²) in [5, 5.41) is 0. The van der Waals surface area contributed by atoms with Gasteiger partial charge >= 0.3 is 6.18 Å². The number of carbonyl (C=O) groups is 1. The average Bonchev–Trinajstić information content (AvgIpc) is 3.33. The van der Waals surface area contributed by atoms with Crippen LogP contribution in [0.3, 0.4) is 0 Å². The van der Waals surface area contributed by atoms with Gasteiger partial charge in [0.15, 0.2) is 0 Å². The SMILES string of the molecule is O=C([C@H]1CCC(N2CCC(c3ccccc3)CC2)C1)N1CCc2ncc(C(F)(F)F)cc2C1. The molecule has 4 nitrogen and oxygen atoms in total. The van der Waals surface area contributed by atoms with E-state index < -0.39 is 11.7 Å². The van der Waals surface area contributed by atoms with Gasteiger partial charge in [0, 0.05) is 43.4 Å². The molecule has 3 aliphatic rings. The zero-order valence-electron chi connectivity index (χ0n) is 18.7. The monoisotopic (exact) mass is 457 g/mol. The van der Waals surface area contributed by atoms with Crippen molar-refractivity contribution in [2.45, 2.75) is 63.2 Å². The second kappa shape index (κ2) is 9.09. The maximum atomic E-state index is 13.2. The maximum Gasteiger partial charge on any atom is 0.417 e. The van der Waals surface area contributed by atoms with Crippen molar-refractivity contribution in [3.8, 4) is 0 Å². The van der Waals surface area contributed by atoms with Gasteiger partial charge < -0.3 is 9.80 Å². The van der Waals surface area contributed by atoms with Crippen LogP contribution in [0.1, 0.15) is 60.4 Å². The van der Waals surface area contributed by atoms with Gasteiger partial charge in [-0.1, -0.05) is 30.3 Å². The summed E-state index contributed by atoms with van der Waals surface area (Å²) in [4.78, 5) is 21.5. The molecule has 0 spiro atoms. The molecule has 2 aromatic rings. The molecular weight excluding hydrogens is 427 g/mol. The number of amides is 1. The first-order valence-electron chi connectivity index (χ1n) is 12.0. The number of halogens is 3. The second-order valence-electron chi connectivity index (χ2n) is 9.72. The minimum atomic E-state index is -4.42. The van der Waals surface area contributed by atoms with Crippen LogP contribution in [0, 0.1) is 5.92 Å². The fourth-order valence-electron chi connectivity index (χ4n) is 5.86. The van der Waals surface area contributed by atoms with Gasteiger partial charge in [-0.15, -0.1) is 0 Å². The van der Waals surface area contributed by atoms with Gasteiger partial charge in [0.25, 0.3) is 0 Å². The van der Waals surface area contributed by atoms with Crippen molar-refractivity contribution in [2.75, 3.05) is 19.6 Å². The van der Waals surface area contributed by atoms with Crippen LogP contribution < -0.4 is 0 Å². The summed E-state index contributed by atoms with van der Waals surface area (Å²) in [7, 11) is 0. The number of likely N-dealkylation sites (tertiary alicyclic amines) is 1. The predicted molar refractivity (Wildman–Crippen MR) is 119 cm³/mol. The van der Waals surface area contributed by atoms with Crippen molar-refractivity contribution in [3.63, 3.8) is 0 Å². The zero-order chi connectivity index (χ0) is 23.0. The van der Waals surface area contributed by atoms with Crippen LogP contribution in [0.5, 0.6) is 0 Å². The number of benzene rings is 1. The molecule has 0 radical (unpaired) electrons. The third-order valence-electron chi connectivity index (χ3n) is 7.75. The zero-order valence-corrected chi connectivity index (χ0v) is 18.7. The first kappa shape index (κ1) is 22.4. The van der Waals surface area contributed by atoms with Crippen molar-refractivity contribution in [1.29, 1.82) is 0 Å². The highest BCUT2D eigenvalue weighted by molar-refractivity contribution is 5.79. The number of piperidine rings is 1. The number of pyridine rings is 1. The molecule has 0 N–H and O–H groups in total. The van der Waals surface area contributed by atoms with E-state index in [0.717, 1.165) is 57.5 Å². The number of fused-ring (bicyclic) bond motifs is 1. The second-order valence-corrected chi connectivity index (χ2v) is 9.72. The maximum absolute atomic E-state index is 13.2. The van der Waals surface area contributed by atoms with Crippen LogP contribution >= 0.6 is 0 Å². The number of aromatic nitrogens is 1. The van der Waals surface area contributed by atoms with Crippen LogP contribution in [0.15, 0.2) is 42.6 Å². The third-order valence-corrected chi connectivity index (χ3v) is 7.75. The van der Waals surface area contributed by atoms with E-state index in [1.165, 1.54) is 5.56 Å². The fraction of sp³-hybridized carbons (Fsp3) is 0.538. The van der Waals surface area contributed by atoms with Crippen molar-refractivity contribution in [2.24, 2.45) is 5.92 Å². The number of hydrogen-bond donors (Lipinski definition) is 0. The quantitative estimate of drug-likeness (QED) is 0.649. The summed E-state index contributed by atoms with van der Waals surface area (Å²) in [6.45, 7) is 2.89. The molecule has 1 amide bonds. The van der Waals surface area contributed by atoms with E-state index in [0.29, 0.717) is 36.2 Å². The van der Waals surface area contributed by atoms with Gasteiger partial charge in [-0.2, -0.15) is 13.2 Å². The van der Waals surface area contributed by atoms with Crippen molar-refractivity contribution >= 4 is 5.91 Å². The lowest BCUT2D eigenvalue weighted by Gasteiger charge is -2.36. The van der Waals surface area contributed by atoms with Gasteiger partial charge in [-0.3, -0.25) is 9.78 Å². The number of alkyl halides is 3. The summed E-state index contributed by atoms with van der Waals surface area (Å²) in [6.07, 6.45) is 2.05. The van der Waals surface area contributed by atoms with Crippen LogP contribution in [-0.2, 0) is 23.9 Å². The Morgan fingerprint density at radius 2 is 1.76 bits per heavy atom. The highest BCUT2D eigenvalue weighted by Crippen LogP contribution is 2.36. The molecule has 1 saturated carbocycles. The Kier molecular flexibility index (Phi) is 6.16. The van der Waals surface area contributed by atoms with Crippen LogP contribution in [0.4, 0.5) is 13.2 Å². The normalized spacial score (nSPS) is 24.6. The van der Waals surface area contributed by atoms with Gasteiger partial charge in [0.2, 0.25) is 5.91 Å². The lowest BCUT2D eigenvalue weighted by atomic mass is 9.89. The molecule has 2 fully saturated rings. The Balaban J connectivity index is 1.16. The van der Waals surface area contributed by atoms with E-state index in [1.54, 1.807) is 4.90 Å². The van der Waals surface area contributed by atoms with Crippen molar-refractivity contribution in [3.05, 3.63) is 65.0 Å². The van der Waals surface area contributed by atoms with Crippen molar-refractivity contribution in [1.82, 2.24) is 14.8 Å². The number of hydrogen-bond acceptors (Lipinski definition) is 3. The summed E-state index contributed by atoms with van der Waals surface area (Å²) < 4.78 is 39.2. The first-order valence-corrected chi connectivity index (χ1v) is 12.0. The third kappa shape index (κ3) is 4.79. The van der Waals surface area contributed by atoms with Gasteiger partial charge in [0.05, 0.1) is 5.56 Å². The van der Waals surface area contributed by atoms with E-state index in [1.807, 2.05) is 0 Å². The smallest absolute Gasteiger partial charge is 0.338 e. The van der Waals surface area contributed by atoms with Gasteiger partial charge in [0.1, 0.15) is 0 Å². The predicted octanol–water partition coefficient (Wildman–Crippen LogP) is 5.03. The van der Waals surface area contributed by atoms with E-state index in [9.17, 15) is 18.0 Å². The standard InChI is InChI=1S/C26H30F3N3O/c27-26(28,29)22-14-21-17-32(13-10-24(21)30-16-22)25(33)20-6-7-23(15-20)31-11-8-19(9-12-31)18-4-2-1-3-5-18/h1-5,14,16,19-20,23H,6-13,15,17H2/t20-,23?/m0/s1. The van der Waals surface area contributed by atoms with Gasteiger partial charge in [-0.05, 0) is 68.3 Å². The van der Waals surface area contributed by atoms with Crippen LogP contribution in [0.25, 0.3) is 0 Å². The Morgan fingerprint density at radius 3 is 2.48 bits per heavy atom. The molecule has 5 rings (SSSR count). The molecule has 2 aliphatic heterocycles. The summed E-state index contributed by atoms with van der Waals surface area (Å²) >= 11 is 0. The molecule has 1 saturated heterocycles. The highest BCUT2D eigenvalue weighted by atomic mass is 19.4. The molecule has 1 unspecified atom stereocenters. The fourth-order valence-corrected chi connectivity index (χ4v) is 5.86. The molecule has 1 aromatic carbocycles. The molecule has 3 heterocycles. The largest absolute Gasteiger partial charge is 0.417 e. The Labute approximate surface area is 192 Å². The minimum Gasteiger partial charge on any atom is -0.338 e. The number of nitrogens with zero attached hydrogens (tertiary/aromatic N) is 3. The first-order chi connectivity index (χ1) is 15.9. The Morgan fingerprint density at radius 1 is 1.00 bits per heavy atom. The lowest BCUT2D eigenvalue weighted by molar-refractivity contribution is -0.137. The molecule has 1 aliphatic carbocycles. The summed E-state index contributed by atoms with van der Waals surface area (Å²) in [5.41, 5.74) is 1.89. The van der Waals surface area contributed by atoms with Crippen molar-refractivity contribution < 1.29 is 18.0 Å². The van der Waals surface area contributed by atoms with Crippen LogP contribution in [-0.4, -0.2) is 46.4 Å². The summed E-state index contributed by atoms with van der Waals surface area (Å²) in [5.74, 6) is 0.687. The molecule has 7 heteroatoms. The molecule has 176 valence electrons. The number of carbonyl (C=O) groups excluding carboxylic acids is 1. The van der Waals surface area contributed by atoms with Crippen LogP contribution in [0.2, 0.25) is 0 Å². The molecule has 0 bridgehead atoms. The topological polar surface area (TPSA) is 36.4 Å². The summed E-state index contributed by atoms with van der Waals surface area (Å²) in [6, 6.07) is 12.3. The van der Waals surface area contributed by atoms with E-state index in [2.05, 4.69) is 40.2 Å². The number of rotatable bonds is 3. The van der Waals surface area contributed by atoms with E-state index in [-0.39, 0.29) is 18.4 Å². The Hall–Kier alpha value is -2.41.